The maximum Gasteiger partial charge on any atom is 0.191 e. The Kier molecular flexibility index (Phi) is 5.53. The van der Waals surface area contributed by atoms with Crippen LogP contribution in [-0.2, 0) is 6.42 Å². The van der Waals surface area contributed by atoms with E-state index in [-0.39, 0.29) is 0 Å². The minimum Gasteiger partial charge on any atom is -0.370 e. The largest absolute Gasteiger partial charge is 0.370 e. The molecule has 1 aliphatic rings. The summed E-state index contributed by atoms with van der Waals surface area (Å²) in [5.74, 6) is 0.287. The molecule has 2 N–H and O–H groups in total. The van der Waals surface area contributed by atoms with Crippen molar-refractivity contribution in [1.82, 2.24) is 4.90 Å². The van der Waals surface area contributed by atoms with Crippen LogP contribution in [0.25, 0.3) is 0 Å². The molecule has 3 nitrogen and oxygen atoms in total. The number of likely N-dealkylation sites (tertiary alicyclic amines) is 1. The minimum absolute atomic E-state index is 0.532. The van der Waals surface area contributed by atoms with Crippen LogP contribution in [0.4, 0.5) is 8.78 Å². The van der Waals surface area contributed by atoms with E-state index < -0.39 is 11.6 Å². The van der Waals surface area contributed by atoms with Crippen LogP contribution >= 0.6 is 0 Å². The Morgan fingerprint density at radius 3 is 2.48 bits per heavy atom. The highest BCUT2D eigenvalue weighted by atomic mass is 19.1. The summed E-state index contributed by atoms with van der Waals surface area (Å²) in [6.45, 7) is 4.76. The maximum atomic E-state index is 13.0. The zero-order valence-corrected chi connectivity index (χ0v) is 12.5. The number of guanidine groups is 1. The van der Waals surface area contributed by atoms with Gasteiger partial charge in [0.05, 0.1) is 0 Å². The summed E-state index contributed by atoms with van der Waals surface area (Å²) in [7, 11) is 0. The molecule has 1 fully saturated rings. The number of halogens is 2. The third-order valence-electron chi connectivity index (χ3n) is 3.93. The van der Waals surface area contributed by atoms with E-state index in [0.717, 1.165) is 44.3 Å². The standard InChI is InChI=1S/C16H23F2N3/c1-12-4-7-21(8-5-12)16(19)20-6-2-3-13-9-14(17)11-15(18)10-13/h9-12H,2-8H2,1H3,(H2,19,20). The minimum atomic E-state index is -0.532. The molecule has 0 bridgehead atoms. The summed E-state index contributed by atoms with van der Waals surface area (Å²) in [5.41, 5.74) is 6.64. The lowest BCUT2D eigenvalue weighted by atomic mass is 10.00. The first-order valence-electron chi connectivity index (χ1n) is 7.54. The van der Waals surface area contributed by atoms with Gasteiger partial charge in [-0.1, -0.05) is 6.92 Å². The molecule has 116 valence electrons. The number of rotatable bonds is 4. The summed E-state index contributed by atoms with van der Waals surface area (Å²) in [4.78, 5) is 6.48. The van der Waals surface area contributed by atoms with Crippen molar-refractivity contribution < 1.29 is 8.78 Å². The summed E-state index contributed by atoms with van der Waals surface area (Å²) in [5, 5.41) is 0. The Hall–Kier alpha value is -1.65. The molecule has 1 aliphatic heterocycles. The van der Waals surface area contributed by atoms with Gasteiger partial charge in [0, 0.05) is 25.7 Å². The number of aliphatic imine (C=N–C) groups is 1. The van der Waals surface area contributed by atoms with Crippen LogP contribution < -0.4 is 5.73 Å². The van der Waals surface area contributed by atoms with Gasteiger partial charge in [-0.25, -0.2) is 8.78 Å². The number of hydrogen-bond acceptors (Lipinski definition) is 1. The molecule has 0 amide bonds. The van der Waals surface area contributed by atoms with Crippen molar-refractivity contribution in [2.24, 2.45) is 16.6 Å². The van der Waals surface area contributed by atoms with Crippen molar-refractivity contribution in [2.75, 3.05) is 19.6 Å². The molecule has 1 saturated heterocycles. The SMILES string of the molecule is CC1CCN(C(N)=NCCCc2cc(F)cc(F)c2)CC1. The van der Waals surface area contributed by atoms with Crippen molar-refractivity contribution in [3.05, 3.63) is 35.4 Å². The lowest BCUT2D eigenvalue weighted by Crippen LogP contribution is -2.42. The number of nitrogens with zero attached hydrogens (tertiary/aromatic N) is 2. The van der Waals surface area contributed by atoms with Crippen molar-refractivity contribution in [3.8, 4) is 0 Å². The Bertz CT molecular complexity index is 474. The van der Waals surface area contributed by atoms with E-state index in [1.165, 1.54) is 12.1 Å². The maximum absolute atomic E-state index is 13.0. The number of hydrogen-bond donors (Lipinski definition) is 1. The molecule has 0 aliphatic carbocycles. The highest BCUT2D eigenvalue weighted by Gasteiger charge is 2.16. The third-order valence-corrected chi connectivity index (χ3v) is 3.93. The van der Waals surface area contributed by atoms with Crippen molar-refractivity contribution >= 4 is 5.96 Å². The smallest absolute Gasteiger partial charge is 0.191 e. The second-order valence-corrected chi connectivity index (χ2v) is 5.79. The highest BCUT2D eigenvalue weighted by Crippen LogP contribution is 2.15. The van der Waals surface area contributed by atoms with Crippen LogP contribution in [0.15, 0.2) is 23.2 Å². The quantitative estimate of drug-likeness (QED) is 0.527. The molecule has 21 heavy (non-hydrogen) atoms. The van der Waals surface area contributed by atoms with E-state index >= 15 is 0 Å². The average molecular weight is 295 g/mol. The lowest BCUT2D eigenvalue weighted by molar-refractivity contribution is 0.277. The second-order valence-electron chi connectivity index (χ2n) is 5.79. The monoisotopic (exact) mass is 295 g/mol. The molecule has 5 heteroatoms. The van der Waals surface area contributed by atoms with Crippen molar-refractivity contribution in [3.63, 3.8) is 0 Å². The molecule has 1 aromatic rings. The normalized spacial score (nSPS) is 17.3. The number of benzene rings is 1. The van der Waals surface area contributed by atoms with Gasteiger partial charge in [0.25, 0.3) is 0 Å². The molecule has 1 heterocycles. The molecule has 0 spiro atoms. The fourth-order valence-corrected chi connectivity index (χ4v) is 2.57. The molecule has 0 unspecified atom stereocenters. The molecule has 0 radical (unpaired) electrons. The van der Waals surface area contributed by atoms with Crippen LogP contribution in [0.5, 0.6) is 0 Å². The van der Waals surface area contributed by atoms with Crippen LogP contribution in [0, 0.1) is 17.6 Å². The summed E-state index contributed by atoms with van der Waals surface area (Å²) >= 11 is 0. The first-order chi connectivity index (χ1) is 10.0. The van der Waals surface area contributed by atoms with Crippen LogP contribution in [0.1, 0.15) is 31.7 Å². The fourth-order valence-electron chi connectivity index (χ4n) is 2.57. The van der Waals surface area contributed by atoms with Crippen LogP contribution in [0.3, 0.4) is 0 Å². The Balaban J connectivity index is 1.76. The Morgan fingerprint density at radius 2 is 1.86 bits per heavy atom. The molecule has 0 atom stereocenters. The van der Waals surface area contributed by atoms with Gasteiger partial charge in [-0.3, -0.25) is 4.99 Å². The van der Waals surface area contributed by atoms with Crippen LogP contribution in [-0.4, -0.2) is 30.5 Å². The van der Waals surface area contributed by atoms with Gasteiger partial charge in [0.15, 0.2) is 5.96 Å². The Morgan fingerprint density at radius 1 is 1.24 bits per heavy atom. The molecule has 2 rings (SSSR count). The van der Waals surface area contributed by atoms with Gasteiger partial charge in [-0.2, -0.15) is 0 Å². The van der Waals surface area contributed by atoms with E-state index in [0.29, 0.717) is 24.5 Å². The molecule has 0 aromatic heterocycles. The summed E-state index contributed by atoms with van der Waals surface area (Å²) in [6, 6.07) is 3.61. The van der Waals surface area contributed by atoms with Crippen LogP contribution in [0.2, 0.25) is 0 Å². The number of aryl methyl sites for hydroxylation is 1. The van der Waals surface area contributed by atoms with Gasteiger partial charge < -0.3 is 10.6 Å². The van der Waals surface area contributed by atoms with E-state index in [1.807, 2.05) is 0 Å². The molecule has 1 aromatic carbocycles. The fraction of sp³-hybridized carbons (Fsp3) is 0.562. The van der Waals surface area contributed by atoms with E-state index in [4.69, 9.17) is 5.73 Å². The molecular weight excluding hydrogens is 272 g/mol. The van der Waals surface area contributed by atoms with E-state index in [9.17, 15) is 8.78 Å². The lowest BCUT2D eigenvalue weighted by Gasteiger charge is -2.31. The van der Waals surface area contributed by atoms with Gasteiger partial charge in [0.2, 0.25) is 0 Å². The van der Waals surface area contributed by atoms with Gasteiger partial charge in [-0.05, 0) is 49.3 Å². The predicted octanol–water partition coefficient (Wildman–Crippen LogP) is 2.94. The van der Waals surface area contributed by atoms with Crippen molar-refractivity contribution in [2.45, 2.75) is 32.6 Å². The zero-order chi connectivity index (χ0) is 15.2. The number of nitrogens with two attached hydrogens (primary N) is 1. The Labute approximate surface area is 124 Å². The average Bonchev–Trinajstić information content (AvgIpc) is 2.43. The number of piperidine rings is 1. The van der Waals surface area contributed by atoms with Gasteiger partial charge >= 0.3 is 0 Å². The van der Waals surface area contributed by atoms with Gasteiger partial charge in [-0.15, -0.1) is 0 Å². The summed E-state index contributed by atoms with van der Waals surface area (Å²) in [6.07, 6.45) is 3.63. The zero-order valence-electron chi connectivity index (χ0n) is 12.5. The first kappa shape index (κ1) is 15.7. The van der Waals surface area contributed by atoms with Gasteiger partial charge in [0.1, 0.15) is 11.6 Å². The topological polar surface area (TPSA) is 41.6 Å². The van der Waals surface area contributed by atoms with E-state index in [1.54, 1.807) is 0 Å². The predicted molar refractivity (Wildman–Crippen MR) is 81.1 cm³/mol. The molecular formula is C16H23F2N3. The highest BCUT2D eigenvalue weighted by molar-refractivity contribution is 5.78. The molecule has 0 saturated carbocycles. The third kappa shape index (κ3) is 4.99. The second kappa shape index (κ2) is 7.38. The first-order valence-corrected chi connectivity index (χ1v) is 7.54. The summed E-state index contributed by atoms with van der Waals surface area (Å²) < 4.78 is 26.1. The van der Waals surface area contributed by atoms with E-state index in [2.05, 4.69) is 16.8 Å². The van der Waals surface area contributed by atoms with Crippen molar-refractivity contribution in [1.29, 1.82) is 0 Å².